The van der Waals surface area contributed by atoms with E-state index in [9.17, 15) is 0 Å². The minimum Gasteiger partial charge on any atom is -0.488 e. The Hall–Kier alpha value is -1.55. The van der Waals surface area contributed by atoms with Gasteiger partial charge in [0.05, 0.1) is 12.7 Å². The summed E-state index contributed by atoms with van der Waals surface area (Å²) in [4.78, 5) is 4.16. The molecular weight excluding hydrogens is 306 g/mol. The van der Waals surface area contributed by atoms with Crippen molar-refractivity contribution in [3.8, 4) is 11.6 Å². The van der Waals surface area contributed by atoms with Crippen LogP contribution in [0.3, 0.4) is 0 Å². The van der Waals surface area contributed by atoms with Crippen molar-refractivity contribution >= 4 is 15.9 Å². The molecule has 19 heavy (non-hydrogen) atoms. The maximum atomic E-state index is 5.94. The topological polar surface area (TPSA) is 31.4 Å². The molecule has 0 aliphatic carbocycles. The van der Waals surface area contributed by atoms with Crippen molar-refractivity contribution in [3.05, 3.63) is 53.2 Å². The van der Waals surface area contributed by atoms with Crippen molar-refractivity contribution in [1.82, 2.24) is 4.98 Å². The first-order valence-corrected chi connectivity index (χ1v) is 7.13. The highest BCUT2D eigenvalue weighted by Crippen LogP contribution is 2.27. The van der Waals surface area contributed by atoms with E-state index in [1.807, 2.05) is 31.2 Å². The Labute approximate surface area is 121 Å². The molecule has 0 saturated carbocycles. The zero-order valence-corrected chi connectivity index (χ0v) is 12.6. The van der Waals surface area contributed by atoms with Crippen molar-refractivity contribution in [1.29, 1.82) is 0 Å². The average Bonchev–Trinajstić information content (AvgIpc) is 2.46. The monoisotopic (exact) mass is 321 g/mol. The van der Waals surface area contributed by atoms with E-state index < -0.39 is 0 Å². The number of methoxy groups -OCH3 is 1. The first-order valence-electron chi connectivity index (χ1n) is 6.01. The van der Waals surface area contributed by atoms with Gasteiger partial charge in [0, 0.05) is 17.1 Å². The van der Waals surface area contributed by atoms with E-state index in [1.165, 1.54) is 0 Å². The number of alkyl halides is 1. The van der Waals surface area contributed by atoms with Crippen LogP contribution in [-0.2, 0) is 11.9 Å². The Balaban J connectivity index is 2.19. The molecule has 1 aromatic heterocycles. The van der Waals surface area contributed by atoms with Crippen LogP contribution in [-0.4, -0.2) is 12.1 Å². The second kappa shape index (κ2) is 6.57. The van der Waals surface area contributed by atoms with E-state index >= 15 is 0 Å². The van der Waals surface area contributed by atoms with Gasteiger partial charge < -0.3 is 9.47 Å². The van der Waals surface area contributed by atoms with Crippen LogP contribution in [0.4, 0.5) is 0 Å². The summed E-state index contributed by atoms with van der Waals surface area (Å²) in [6.07, 6.45) is 1.71. The van der Waals surface area contributed by atoms with Crippen LogP contribution in [0.15, 0.2) is 36.5 Å². The van der Waals surface area contributed by atoms with Crippen LogP contribution in [0, 0.1) is 6.92 Å². The van der Waals surface area contributed by atoms with Crippen molar-refractivity contribution in [2.75, 3.05) is 7.11 Å². The summed E-state index contributed by atoms with van der Waals surface area (Å²) in [6, 6.07) is 9.96. The van der Waals surface area contributed by atoms with E-state index in [-0.39, 0.29) is 0 Å². The van der Waals surface area contributed by atoms with Crippen LogP contribution >= 0.6 is 15.9 Å². The fourth-order valence-electron chi connectivity index (χ4n) is 1.89. The zero-order valence-electron chi connectivity index (χ0n) is 11.0. The Kier molecular flexibility index (Phi) is 4.80. The minimum absolute atomic E-state index is 0.446. The van der Waals surface area contributed by atoms with Crippen molar-refractivity contribution < 1.29 is 9.47 Å². The summed E-state index contributed by atoms with van der Waals surface area (Å²) in [6.45, 7) is 2.49. The number of rotatable bonds is 5. The summed E-state index contributed by atoms with van der Waals surface area (Å²) in [7, 11) is 1.61. The Morgan fingerprint density at radius 2 is 1.95 bits per heavy atom. The van der Waals surface area contributed by atoms with Gasteiger partial charge in [-0.15, -0.1) is 0 Å². The summed E-state index contributed by atoms with van der Waals surface area (Å²) >= 11 is 3.48. The van der Waals surface area contributed by atoms with Crippen LogP contribution in [0.25, 0.3) is 0 Å². The number of benzene rings is 1. The smallest absolute Gasteiger partial charge is 0.219 e. The number of hydrogen-bond acceptors (Lipinski definition) is 3. The van der Waals surface area contributed by atoms with Crippen LogP contribution in [0.5, 0.6) is 11.6 Å². The van der Waals surface area contributed by atoms with Gasteiger partial charge in [-0.25, -0.2) is 4.98 Å². The highest BCUT2D eigenvalue weighted by molar-refractivity contribution is 9.08. The molecule has 0 saturated heterocycles. The number of ether oxygens (including phenoxy) is 2. The maximum Gasteiger partial charge on any atom is 0.219 e. The first kappa shape index (κ1) is 13.9. The molecule has 1 heterocycles. The Morgan fingerprint density at radius 1 is 1.16 bits per heavy atom. The van der Waals surface area contributed by atoms with Gasteiger partial charge in [-0.1, -0.05) is 34.1 Å². The molecule has 2 aromatic rings. The third-order valence-corrected chi connectivity index (χ3v) is 3.46. The molecule has 0 amide bonds. The van der Waals surface area contributed by atoms with Gasteiger partial charge in [0.1, 0.15) is 12.4 Å². The van der Waals surface area contributed by atoms with Gasteiger partial charge in [-0.05, 0) is 24.6 Å². The fraction of sp³-hybridized carbons (Fsp3) is 0.267. The average molecular weight is 322 g/mol. The molecule has 1 aromatic carbocycles. The molecule has 3 nitrogen and oxygen atoms in total. The number of aryl methyl sites for hydroxylation is 1. The van der Waals surface area contributed by atoms with Crippen LogP contribution < -0.4 is 9.47 Å². The third-order valence-electron chi connectivity index (χ3n) is 2.85. The van der Waals surface area contributed by atoms with E-state index in [0.717, 1.165) is 27.8 Å². The van der Waals surface area contributed by atoms with Gasteiger partial charge in [0.2, 0.25) is 5.88 Å². The van der Waals surface area contributed by atoms with Gasteiger partial charge in [0.25, 0.3) is 0 Å². The number of halogens is 1. The van der Waals surface area contributed by atoms with Gasteiger partial charge >= 0.3 is 0 Å². The second-order valence-corrected chi connectivity index (χ2v) is 4.72. The zero-order chi connectivity index (χ0) is 13.7. The van der Waals surface area contributed by atoms with E-state index in [4.69, 9.17) is 9.47 Å². The quantitative estimate of drug-likeness (QED) is 0.783. The number of nitrogens with zero attached hydrogens (tertiary/aromatic N) is 1. The van der Waals surface area contributed by atoms with Crippen molar-refractivity contribution in [2.45, 2.75) is 18.9 Å². The predicted molar refractivity (Wildman–Crippen MR) is 78.9 cm³/mol. The van der Waals surface area contributed by atoms with Crippen molar-refractivity contribution in [3.63, 3.8) is 0 Å². The molecule has 2 rings (SSSR count). The van der Waals surface area contributed by atoms with Gasteiger partial charge in [0.15, 0.2) is 0 Å². The lowest BCUT2D eigenvalue weighted by molar-refractivity contribution is 0.290. The van der Waals surface area contributed by atoms with Crippen LogP contribution in [0.2, 0.25) is 0 Å². The molecule has 0 radical (unpaired) electrons. The highest BCUT2D eigenvalue weighted by atomic mass is 79.9. The van der Waals surface area contributed by atoms with Gasteiger partial charge in [-0.3, -0.25) is 0 Å². The fourth-order valence-corrected chi connectivity index (χ4v) is 2.33. The van der Waals surface area contributed by atoms with E-state index in [1.54, 1.807) is 13.3 Å². The summed E-state index contributed by atoms with van der Waals surface area (Å²) in [5.74, 6) is 1.53. The molecule has 0 unspecified atom stereocenters. The molecule has 0 spiro atoms. The number of hydrogen-bond donors (Lipinski definition) is 0. The molecule has 0 aliphatic rings. The minimum atomic E-state index is 0.446. The Morgan fingerprint density at radius 3 is 2.68 bits per heavy atom. The highest BCUT2D eigenvalue weighted by Gasteiger charge is 2.08. The Bertz CT molecular complexity index is 558. The molecule has 0 atom stereocenters. The first-order chi connectivity index (χ1) is 9.26. The molecule has 0 fully saturated rings. The number of para-hydroxylation sites is 1. The van der Waals surface area contributed by atoms with E-state index in [0.29, 0.717) is 12.5 Å². The number of aromatic nitrogens is 1. The summed E-state index contributed by atoms with van der Waals surface area (Å²) in [5, 5.41) is 0.772. The largest absolute Gasteiger partial charge is 0.488 e. The second-order valence-electron chi connectivity index (χ2n) is 4.16. The summed E-state index contributed by atoms with van der Waals surface area (Å²) < 4.78 is 11.2. The number of pyridine rings is 1. The van der Waals surface area contributed by atoms with Crippen molar-refractivity contribution in [2.24, 2.45) is 0 Å². The molecule has 4 heteroatoms. The van der Waals surface area contributed by atoms with E-state index in [2.05, 4.69) is 27.0 Å². The molecular formula is C15H16BrNO2. The summed E-state index contributed by atoms with van der Waals surface area (Å²) in [5.41, 5.74) is 3.21. The SMILES string of the molecule is COc1ncccc1COc1c(C)cccc1CBr. The predicted octanol–water partition coefficient (Wildman–Crippen LogP) is 3.87. The van der Waals surface area contributed by atoms with Crippen LogP contribution in [0.1, 0.15) is 16.7 Å². The maximum absolute atomic E-state index is 5.94. The molecule has 0 aliphatic heterocycles. The lowest BCUT2D eigenvalue weighted by Gasteiger charge is -2.14. The lowest BCUT2D eigenvalue weighted by atomic mass is 10.1. The normalized spacial score (nSPS) is 10.3. The lowest BCUT2D eigenvalue weighted by Crippen LogP contribution is -2.02. The standard InChI is InChI=1S/C15H16BrNO2/c1-11-5-3-6-12(9-16)14(11)19-10-13-7-4-8-17-15(13)18-2/h3-8H,9-10H2,1-2H3. The third kappa shape index (κ3) is 3.26. The van der Waals surface area contributed by atoms with Gasteiger partial charge in [-0.2, -0.15) is 0 Å². The molecule has 0 N–H and O–H groups in total. The molecule has 0 bridgehead atoms. The molecule has 100 valence electrons.